The maximum atomic E-state index is 12.6. The van der Waals surface area contributed by atoms with Crippen LogP contribution in [0.2, 0.25) is 0 Å². The maximum Gasteiger partial charge on any atom is 0.168 e. The third-order valence-electron chi connectivity index (χ3n) is 3.66. The van der Waals surface area contributed by atoms with E-state index in [4.69, 9.17) is 16.3 Å². The zero-order valence-electron chi connectivity index (χ0n) is 13.6. The lowest BCUT2D eigenvalue weighted by Crippen LogP contribution is -1.99. The number of fused-ring (bicyclic) bond motifs is 1. The second-order valence-electron chi connectivity index (χ2n) is 5.22. The summed E-state index contributed by atoms with van der Waals surface area (Å²) < 4.78 is 7.53. The summed E-state index contributed by atoms with van der Waals surface area (Å²) in [4.78, 5) is 12.6. The van der Waals surface area contributed by atoms with Crippen molar-refractivity contribution in [1.29, 1.82) is 0 Å². The van der Waals surface area contributed by atoms with Crippen molar-refractivity contribution in [3.63, 3.8) is 0 Å². The molecule has 1 heterocycles. The zero-order valence-corrected chi connectivity index (χ0v) is 14.3. The highest BCUT2D eigenvalue weighted by atomic mass is 35.5. The second-order valence-corrected chi connectivity index (χ2v) is 5.59. The summed E-state index contributed by atoms with van der Waals surface area (Å²) >= 11 is 5.82. The van der Waals surface area contributed by atoms with E-state index in [9.17, 15) is 4.79 Å². The number of nitrogens with zero attached hydrogens (tertiary/aromatic N) is 1. The minimum Gasteiger partial charge on any atom is -0.495 e. The number of carbonyl (C=O) groups excluding carboxylic acids is 1. The lowest BCUT2D eigenvalue weighted by molar-refractivity contribution is 0.0997. The number of allylic oxidation sites excluding steroid dienone is 4. The molecule has 23 heavy (non-hydrogen) atoms. The fourth-order valence-electron chi connectivity index (χ4n) is 2.59. The Bertz CT molecular complexity index is 728. The minimum absolute atomic E-state index is 0.105. The number of hydrogen-bond acceptors (Lipinski definition) is 2. The number of methoxy groups -OCH3 is 1. The molecular weight excluding hydrogens is 310 g/mol. The molecule has 0 saturated carbocycles. The standard InChI is InChI=1S/C19H22ClNO2/c1-3-4-5-6-10-17(22)16-14-21(13-8-12-20)19-15(16)9-7-11-18(19)23-2/h3-7,9,11,14H,8,10,12-13H2,1-2H3/b4-3-,6-5-. The van der Waals surface area contributed by atoms with Gasteiger partial charge in [-0.2, -0.15) is 0 Å². The van der Waals surface area contributed by atoms with Gasteiger partial charge in [-0.15, -0.1) is 11.6 Å². The molecule has 1 aromatic heterocycles. The number of rotatable bonds is 8. The molecule has 0 atom stereocenters. The molecule has 4 heteroatoms. The molecule has 0 amide bonds. The Labute approximate surface area is 142 Å². The second kappa shape index (κ2) is 8.59. The summed E-state index contributed by atoms with van der Waals surface area (Å²) in [5.41, 5.74) is 1.69. The third kappa shape index (κ3) is 4.05. The lowest BCUT2D eigenvalue weighted by Gasteiger charge is -2.07. The first-order valence-corrected chi connectivity index (χ1v) is 8.29. The summed E-state index contributed by atoms with van der Waals surface area (Å²) in [6, 6.07) is 5.80. The average Bonchev–Trinajstić information content (AvgIpc) is 2.95. The van der Waals surface area contributed by atoms with Gasteiger partial charge in [0.2, 0.25) is 0 Å². The van der Waals surface area contributed by atoms with Crippen molar-refractivity contribution in [2.45, 2.75) is 26.3 Å². The Morgan fingerprint density at radius 2 is 2.17 bits per heavy atom. The number of carbonyl (C=O) groups is 1. The van der Waals surface area contributed by atoms with Crippen LogP contribution in [0.15, 0.2) is 48.7 Å². The van der Waals surface area contributed by atoms with Gasteiger partial charge in [0.25, 0.3) is 0 Å². The summed E-state index contributed by atoms with van der Waals surface area (Å²) in [7, 11) is 1.65. The van der Waals surface area contributed by atoms with E-state index in [2.05, 4.69) is 4.57 Å². The Morgan fingerprint density at radius 3 is 2.87 bits per heavy atom. The molecule has 0 saturated heterocycles. The van der Waals surface area contributed by atoms with Gasteiger partial charge in [0.1, 0.15) is 5.75 Å². The third-order valence-corrected chi connectivity index (χ3v) is 3.92. The number of para-hydroxylation sites is 1. The summed E-state index contributed by atoms with van der Waals surface area (Å²) in [6.07, 6.45) is 10.8. The fraction of sp³-hybridized carbons (Fsp3) is 0.316. The van der Waals surface area contributed by atoms with Gasteiger partial charge >= 0.3 is 0 Å². The van der Waals surface area contributed by atoms with Crippen molar-refractivity contribution < 1.29 is 9.53 Å². The topological polar surface area (TPSA) is 31.2 Å². The molecule has 0 unspecified atom stereocenters. The van der Waals surface area contributed by atoms with Crippen molar-refractivity contribution in [2.75, 3.05) is 13.0 Å². The molecule has 0 radical (unpaired) electrons. The Kier molecular flexibility index (Phi) is 6.48. The number of aromatic nitrogens is 1. The Balaban J connectivity index is 2.41. The van der Waals surface area contributed by atoms with Gasteiger partial charge in [-0.25, -0.2) is 0 Å². The predicted octanol–water partition coefficient (Wildman–Crippen LogP) is 4.98. The molecule has 0 spiro atoms. The van der Waals surface area contributed by atoms with E-state index >= 15 is 0 Å². The van der Waals surface area contributed by atoms with Crippen LogP contribution in [-0.2, 0) is 6.54 Å². The molecule has 0 aliphatic carbocycles. The summed E-state index contributed by atoms with van der Waals surface area (Å²) in [5, 5.41) is 0.934. The summed E-state index contributed by atoms with van der Waals surface area (Å²) in [5.74, 6) is 1.47. The van der Waals surface area contributed by atoms with Gasteiger partial charge < -0.3 is 9.30 Å². The number of ether oxygens (including phenoxy) is 1. The van der Waals surface area contributed by atoms with Crippen LogP contribution < -0.4 is 4.74 Å². The van der Waals surface area contributed by atoms with E-state index < -0.39 is 0 Å². The number of alkyl halides is 1. The number of hydrogen-bond donors (Lipinski definition) is 0. The molecule has 0 bridgehead atoms. The molecular formula is C19H22ClNO2. The average molecular weight is 332 g/mol. The SMILES string of the molecule is C/C=C\C=C/CC(=O)c1cn(CCCCl)c2c(OC)cccc12. The molecule has 3 nitrogen and oxygen atoms in total. The molecule has 0 N–H and O–H groups in total. The van der Waals surface area contributed by atoms with Crippen LogP contribution in [0.4, 0.5) is 0 Å². The van der Waals surface area contributed by atoms with Crippen LogP contribution in [0.3, 0.4) is 0 Å². The van der Waals surface area contributed by atoms with Crippen LogP contribution in [-0.4, -0.2) is 23.3 Å². The number of halogens is 1. The highest BCUT2D eigenvalue weighted by Crippen LogP contribution is 2.30. The van der Waals surface area contributed by atoms with Crippen molar-refractivity contribution in [3.8, 4) is 5.75 Å². The number of Topliss-reactive ketones (excluding diaryl/α,β-unsaturated/α-hetero) is 1. The van der Waals surface area contributed by atoms with E-state index in [-0.39, 0.29) is 5.78 Å². The molecule has 0 aliphatic rings. The maximum absolute atomic E-state index is 12.6. The molecule has 122 valence electrons. The van der Waals surface area contributed by atoms with E-state index in [0.717, 1.165) is 35.2 Å². The van der Waals surface area contributed by atoms with Crippen molar-refractivity contribution in [2.24, 2.45) is 0 Å². The first kappa shape index (κ1) is 17.4. The fourth-order valence-corrected chi connectivity index (χ4v) is 2.71. The monoisotopic (exact) mass is 331 g/mol. The van der Waals surface area contributed by atoms with E-state index in [1.807, 2.05) is 55.6 Å². The van der Waals surface area contributed by atoms with Crippen LogP contribution in [0.1, 0.15) is 30.1 Å². The summed E-state index contributed by atoms with van der Waals surface area (Å²) in [6.45, 7) is 2.71. The largest absolute Gasteiger partial charge is 0.495 e. The molecule has 2 rings (SSSR count). The molecule has 0 aliphatic heterocycles. The van der Waals surface area contributed by atoms with Gasteiger partial charge in [0, 0.05) is 36.0 Å². The van der Waals surface area contributed by atoms with Crippen molar-refractivity contribution in [1.82, 2.24) is 4.57 Å². The smallest absolute Gasteiger partial charge is 0.168 e. The van der Waals surface area contributed by atoms with Gasteiger partial charge in [-0.05, 0) is 19.4 Å². The predicted molar refractivity (Wildman–Crippen MR) is 96.7 cm³/mol. The normalized spacial score (nSPS) is 11.8. The van der Waals surface area contributed by atoms with Crippen LogP contribution >= 0.6 is 11.6 Å². The van der Waals surface area contributed by atoms with Gasteiger partial charge in [0.05, 0.1) is 12.6 Å². The lowest BCUT2D eigenvalue weighted by atomic mass is 10.1. The van der Waals surface area contributed by atoms with Gasteiger partial charge in [-0.3, -0.25) is 4.79 Å². The van der Waals surface area contributed by atoms with E-state index in [1.165, 1.54) is 0 Å². The van der Waals surface area contributed by atoms with Gasteiger partial charge in [-0.1, -0.05) is 36.4 Å². The number of aryl methyl sites for hydroxylation is 1. The van der Waals surface area contributed by atoms with Gasteiger partial charge in [0.15, 0.2) is 5.78 Å². The van der Waals surface area contributed by atoms with E-state index in [0.29, 0.717) is 12.3 Å². The quantitative estimate of drug-likeness (QED) is 0.388. The highest BCUT2D eigenvalue weighted by molar-refractivity contribution is 6.17. The zero-order chi connectivity index (χ0) is 16.7. The highest BCUT2D eigenvalue weighted by Gasteiger charge is 2.16. The first-order chi connectivity index (χ1) is 11.2. The van der Waals surface area contributed by atoms with Crippen molar-refractivity contribution in [3.05, 3.63) is 54.3 Å². The van der Waals surface area contributed by atoms with Crippen LogP contribution in [0, 0.1) is 0 Å². The molecule has 2 aromatic rings. The first-order valence-electron chi connectivity index (χ1n) is 7.75. The van der Waals surface area contributed by atoms with Crippen molar-refractivity contribution >= 4 is 28.3 Å². The van der Waals surface area contributed by atoms with E-state index in [1.54, 1.807) is 7.11 Å². The number of ketones is 1. The molecule has 1 aromatic carbocycles. The number of benzene rings is 1. The van der Waals surface area contributed by atoms with Crippen LogP contribution in [0.25, 0.3) is 10.9 Å². The van der Waals surface area contributed by atoms with Crippen LogP contribution in [0.5, 0.6) is 5.75 Å². The Hall–Kier alpha value is -2.00. The molecule has 0 fully saturated rings. The Morgan fingerprint density at radius 1 is 1.35 bits per heavy atom. The minimum atomic E-state index is 0.105.